The number of hydrogen-bond acceptors (Lipinski definition) is 3. The number of hydrogen-bond donors (Lipinski definition) is 1. The molecular formula is C9H19NO2. The molecule has 0 amide bonds. The Balaban J connectivity index is 1.81. The van der Waals surface area contributed by atoms with Gasteiger partial charge in [0.25, 0.3) is 0 Å². The van der Waals surface area contributed by atoms with E-state index in [4.69, 9.17) is 9.47 Å². The highest BCUT2D eigenvalue weighted by molar-refractivity contribution is 4.69. The van der Waals surface area contributed by atoms with Crippen LogP contribution in [0.1, 0.15) is 13.3 Å². The molecule has 0 unspecified atom stereocenters. The van der Waals surface area contributed by atoms with Crippen molar-refractivity contribution >= 4 is 0 Å². The maximum Gasteiger partial charge on any atom is 0.0700 e. The van der Waals surface area contributed by atoms with Crippen molar-refractivity contribution in [3.05, 3.63) is 0 Å². The Kier molecular flexibility index (Phi) is 5.32. The fourth-order valence-electron chi connectivity index (χ4n) is 1.37. The van der Waals surface area contributed by atoms with Crippen LogP contribution in [-0.4, -0.2) is 39.5 Å². The Morgan fingerprint density at radius 1 is 1.33 bits per heavy atom. The molecular weight excluding hydrogens is 154 g/mol. The summed E-state index contributed by atoms with van der Waals surface area (Å²) in [5.74, 6) is 0.728. The van der Waals surface area contributed by atoms with Crippen LogP contribution in [0.4, 0.5) is 0 Å². The lowest BCUT2D eigenvalue weighted by Gasteiger charge is -2.08. The fourth-order valence-corrected chi connectivity index (χ4v) is 1.37. The van der Waals surface area contributed by atoms with Crippen molar-refractivity contribution in [2.75, 3.05) is 39.5 Å². The van der Waals surface area contributed by atoms with Gasteiger partial charge in [-0.1, -0.05) is 0 Å². The molecule has 1 atom stereocenters. The van der Waals surface area contributed by atoms with Gasteiger partial charge in [0, 0.05) is 13.2 Å². The van der Waals surface area contributed by atoms with Crippen molar-refractivity contribution in [2.45, 2.75) is 13.3 Å². The van der Waals surface area contributed by atoms with E-state index >= 15 is 0 Å². The van der Waals surface area contributed by atoms with E-state index in [-0.39, 0.29) is 0 Å². The van der Waals surface area contributed by atoms with E-state index in [1.165, 1.54) is 6.42 Å². The smallest absolute Gasteiger partial charge is 0.0700 e. The van der Waals surface area contributed by atoms with Crippen LogP contribution in [0.3, 0.4) is 0 Å². The molecule has 0 spiro atoms. The summed E-state index contributed by atoms with van der Waals surface area (Å²) >= 11 is 0. The highest BCUT2D eigenvalue weighted by atomic mass is 16.5. The van der Waals surface area contributed by atoms with Gasteiger partial charge >= 0.3 is 0 Å². The fraction of sp³-hybridized carbons (Fsp3) is 1.00. The molecule has 12 heavy (non-hydrogen) atoms. The Labute approximate surface area is 74.4 Å². The van der Waals surface area contributed by atoms with Crippen LogP contribution >= 0.6 is 0 Å². The van der Waals surface area contributed by atoms with Gasteiger partial charge in [-0.3, -0.25) is 0 Å². The second kappa shape index (κ2) is 6.40. The molecule has 1 rings (SSSR count). The molecule has 0 saturated carbocycles. The van der Waals surface area contributed by atoms with Crippen LogP contribution < -0.4 is 5.32 Å². The third kappa shape index (κ3) is 4.04. The molecule has 0 aromatic carbocycles. The second-order valence-corrected chi connectivity index (χ2v) is 3.13. The van der Waals surface area contributed by atoms with Crippen LogP contribution in [-0.2, 0) is 9.47 Å². The van der Waals surface area contributed by atoms with E-state index in [1.54, 1.807) is 0 Å². The molecule has 1 fully saturated rings. The predicted octanol–water partition coefficient (Wildman–Crippen LogP) is 0.649. The Morgan fingerprint density at radius 3 is 2.83 bits per heavy atom. The minimum absolute atomic E-state index is 0.728. The van der Waals surface area contributed by atoms with Crippen molar-refractivity contribution in [3.8, 4) is 0 Å². The lowest BCUT2D eigenvalue weighted by molar-refractivity contribution is 0.0400. The zero-order valence-corrected chi connectivity index (χ0v) is 7.84. The molecule has 1 heterocycles. The van der Waals surface area contributed by atoms with Crippen LogP contribution in [0.2, 0.25) is 0 Å². The van der Waals surface area contributed by atoms with Gasteiger partial charge in [-0.25, -0.2) is 0 Å². The van der Waals surface area contributed by atoms with Crippen LogP contribution in [0.5, 0.6) is 0 Å². The summed E-state index contributed by atoms with van der Waals surface area (Å²) in [7, 11) is 0. The summed E-state index contributed by atoms with van der Waals surface area (Å²) in [5, 5.41) is 3.31. The van der Waals surface area contributed by atoms with Crippen molar-refractivity contribution < 1.29 is 9.47 Å². The van der Waals surface area contributed by atoms with Gasteiger partial charge < -0.3 is 14.8 Å². The van der Waals surface area contributed by atoms with Gasteiger partial charge in [0.15, 0.2) is 0 Å². The predicted molar refractivity (Wildman–Crippen MR) is 48.3 cm³/mol. The lowest BCUT2D eigenvalue weighted by atomic mass is 10.1. The molecule has 0 aliphatic carbocycles. The Hall–Kier alpha value is -0.120. The maximum absolute atomic E-state index is 5.45. The molecule has 3 heteroatoms. The summed E-state index contributed by atoms with van der Waals surface area (Å²) in [6.45, 7) is 7.42. The molecule has 3 nitrogen and oxygen atoms in total. The standard InChI is InChI=1S/C9H19NO2/c1-2-11-5-6-12-8-9-3-4-10-7-9/h9-10H,2-8H2,1H3/t9-/m1/s1. The van der Waals surface area contributed by atoms with Crippen LogP contribution in [0.25, 0.3) is 0 Å². The van der Waals surface area contributed by atoms with E-state index in [0.717, 1.165) is 45.4 Å². The maximum atomic E-state index is 5.45. The number of nitrogens with one attached hydrogen (secondary N) is 1. The third-order valence-corrected chi connectivity index (χ3v) is 2.09. The minimum atomic E-state index is 0.728. The molecule has 1 N–H and O–H groups in total. The van der Waals surface area contributed by atoms with Crippen molar-refractivity contribution in [1.29, 1.82) is 0 Å². The van der Waals surface area contributed by atoms with E-state index in [0.29, 0.717) is 0 Å². The summed E-state index contributed by atoms with van der Waals surface area (Å²) < 4.78 is 10.6. The minimum Gasteiger partial charge on any atom is -0.379 e. The monoisotopic (exact) mass is 173 g/mol. The Bertz CT molecular complexity index is 103. The van der Waals surface area contributed by atoms with Crippen molar-refractivity contribution in [3.63, 3.8) is 0 Å². The molecule has 0 radical (unpaired) electrons. The molecule has 1 aliphatic heterocycles. The third-order valence-electron chi connectivity index (χ3n) is 2.09. The molecule has 0 bridgehead atoms. The molecule has 1 aliphatic rings. The normalized spacial score (nSPS) is 23.2. The molecule has 0 aromatic rings. The highest BCUT2D eigenvalue weighted by Gasteiger charge is 2.13. The molecule has 1 saturated heterocycles. The van der Waals surface area contributed by atoms with Gasteiger partial charge in [0.1, 0.15) is 0 Å². The zero-order chi connectivity index (χ0) is 8.65. The molecule has 72 valence electrons. The molecule has 0 aromatic heterocycles. The second-order valence-electron chi connectivity index (χ2n) is 3.13. The summed E-state index contributed by atoms with van der Waals surface area (Å²) in [6.07, 6.45) is 1.26. The van der Waals surface area contributed by atoms with Gasteiger partial charge in [-0.15, -0.1) is 0 Å². The van der Waals surface area contributed by atoms with Crippen LogP contribution in [0, 0.1) is 5.92 Å². The van der Waals surface area contributed by atoms with E-state index < -0.39 is 0 Å². The van der Waals surface area contributed by atoms with Gasteiger partial charge in [-0.05, 0) is 25.8 Å². The van der Waals surface area contributed by atoms with Crippen LogP contribution in [0.15, 0.2) is 0 Å². The van der Waals surface area contributed by atoms with Crippen molar-refractivity contribution in [1.82, 2.24) is 5.32 Å². The largest absolute Gasteiger partial charge is 0.379 e. The van der Waals surface area contributed by atoms with E-state index in [2.05, 4.69) is 5.32 Å². The lowest BCUT2D eigenvalue weighted by Crippen LogP contribution is -2.15. The average molecular weight is 173 g/mol. The van der Waals surface area contributed by atoms with Gasteiger partial charge in [0.05, 0.1) is 19.8 Å². The SMILES string of the molecule is CCOCCOC[C@@H]1CCNC1. The number of ether oxygens (including phenoxy) is 2. The first kappa shape index (κ1) is 9.96. The van der Waals surface area contributed by atoms with E-state index in [1.807, 2.05) is 6.92 Å². The first-order chi connectivity index (χ1) is 5.93. The zero-order valence-electron chi connectivity index (χ0n) is 7.84. The topological polar surface area (TPSA) is 30.5 Å². The first-order valence-electron chi connectivity index (χ1n) is 4.79. The first-order valence-corrected chi connectivity index (χ1v) is 4.79. The number of rotatable bonds is 6. The average Bonchev–Trinajstić information content (AvgIpc) is 2.57. The summed E-state index contributed by atoms with van der Waals surface area (Å²) in [6, 6.07) is 0. The quantitative estimate of drug-likeness (QED) is 0.598. The van der Waals surface area contributed by atoms with Crippen molar-refractivity contribution in [2.24, 2.45) is 5.92 Å². The Morgan fingerprint density at radius 2 is 2.17 bits per heavy atom. The highest BCUT2D eigenvalue weighted by Crippen LogP contribution is 2.06. The summed E-state index contributed by atoms with van der Waals surface area (Å²) in [4.78, 5) is 0. The summed E-state index contributed by atoms with van der Waals surface area (Å²) in [5.41, 5.74) is 0. The van der Waals surface area contributed by atoms with Gasteiger partial charge in [0.2, 0.25) is 0 Å². The van der Waals surface area contributed by atoms with Gasteiger partial charge in [-0.2, -0.15) is 0 Å². The van der Waals surface area contributed by atoms with E-state index in [9.17, 15) is 0 Å².